The summed E-state index contributed by atoms with van der Waals surface area (Å²) >= 11 is 1.13. The largest absolute Gasteiger partial charge is 0.382 e. The smallest absolute Gasteiger partial charge is 0.185 e. The average Bonchev–Trinajstić information content (AvgIpc) is 2.70. The van der Waals surface area contributed by atoms with Gasteiger partial charge in [0.15, 0.2) is 15.7 Å². The predicted octanol–water partition coefficient (Wildman–Crippen LogP) is 3.15. The molecule has 0 aliphatic heterocycles. The van der Waals surface area contributed by atoms with Crippen LogP contribution in [-0.2, 0) is 9.84 Å². The van der Waals surface area contributed by atoms with Crippen molar-refractivity contribution in [3.63, 3.8) is 0 Å². The molecule has 0 amide bonds. The van der Waals surface area contributed by atoms with Crippen molar-refractivity contribution < 1.29 is 8.42 Å². The monoisotopic (exact) mass is 319 g/mol. The fourth-order valence-electron chi connectivity index (χ4n) is 1.96. The minimum atomic E-state index is -3.32. The first kappa shape index (κ1) is 17.2. The van der Waals surface area contributed by atoms with E-state index in [4.69, 9.17) is 5.73 Å². The highest BCUT2D eigenvalue weighted by Gasteiger charge is 2.24. The maximum Gasteiger partial charge on any atom is 0.185 e. The predicted molar refractivity (Wildman–Crippen MR) is 86.0 cm³/mol. The summed E-state index contributed by atoms with van der Waals surface area (Å²) in [5.74, 6) is 0.931. The Labute approximate surface area is 126 Å². The van der Waals surface area contributed by atoms with Crippen LogP contribution in [0, 0.1) is 5.92 Å². The van der Waals surface area contributed by atoms with E-state index in [2.05, 4.69) is 23.5 Å². The molecule has 0 spiro atoms. The van der Waals surface area contributed by atoms with Gasteiger partial charge in [0, 0.05) is 6.54 Å². The van der Waals surface area contributed by atoms with Crippen LogP contribution in [0.15, 0.2) is 4.90 Å². The molecule has 20 heavy (non-hydrogen) atoms. The van der Waals surface area contributed by atoms with Crippen LogP contribution in [0.25, 0.3) is 0 Å². The van der Waals surface area contributed by atoms with E-state index in [1.807, 2.05) is 6.92 Å². The standard InChI is InChI=1S/C13H25N3O2S2/c1-4-9-20(17,18)11-12(14)16-19-13(11)15-8-6-5-7-10(2)3/h10,15H,4-9H2,1-3H3,(H2,14,16). The molecule has 0 saturated carbocycles. The molecule has 116 valence electrons. The zero-order valence-corrected chi connectivity index (χ0v) is 14.1. The lowest BCUT2D eigenvalue weighted by Gasteiger charge is -2.08. The summed E-state index contributed by atoms with van der Waals surface area (Å²) in [4.78, 5) is 0.188. The van der Waals surface area contributed by atoms with Gasteiger partial charge >= 0.3 is 0 Å². The number of aromatic nitrogens is 1. The van der Waals surface area contributed by atoms with E-state index in [1.165, 1.54) is 6.42 Å². The lowest BCUT2D eigenvalue weighted by atomic mass is 10.1. The molecule has 1 heterocycles. The summed E-state index contributed by atoms with van der Waals surface area (Å²) in [6.07, 6.45) is 3.91. The van der Waals surface area contributed by atoms with Crippen molar-refractivity contribution >= 4 is 32.2 Å². The first-order valence-corrected chi connectivity index (χ1v) is 9.52. The first-order valence-electron chi connectivity index (χ1n) is 7.10. The molecule has 1 aromatic heterocycles. The van der Waals surface area contributed by atoms with E-state index >= 15 is 0 Å². The molecule has 0 atom stereocenters. The van der Waals surface area contributed by atoms with Crippen molar-refractivity contribution in [2.75, 3.05) is 23.3 Å². The fourth-order valence-corrected chi connectivity index (χ4v) is 4.60. The van der Waals surface area contributed by atoms with Gasteiger partial charge in [-0.05, 0) is 30.3 Å². The van der Waals surface area contributed by atoms with E-state index in [1.54, 1.807) is 0 Å². The summed E-state index contributed by atoms with van der Waals surface area (Å²) < 4.78 is 28.3. The number of nitrogens with one attached hydrogen (secondary N) is 1. The minimum absolute atomic E-state index is 0.109. The molecular formula is C13H25N3O2S2. The Morgan fingerprint density at radius 1 is 1.35 bits per heavy atom. The molecule has 0 radical (unpaired) electrons. The molecule has 0 saturated heterocycles. The van der Waals surface area contributed by atoms with Crippen LogP contribution in [0.2, 0.25) is 0 Å². The zero-order valence-electron chi connectivity index (χ0n) is 12.5. The maximum absolute atomic E-state index is 12.2. The second kappa shape index (κ2) is 7.83. The van der Waals surface area contributed by atoms with Crippen molar-refractivity contribution in [2.24, 2.45) is 5.92 Å². The Morgan fingerprint density at radius 3 is 2.65 bits per heavy atom. The summed E-state index contributed by atoms with van der Waals surface area (Å²) in [6, 6.07) is 0. The van der Waals surface area contributed by atoms with Crippen molar-refractivity contribution in [1.29, 1.82) is 0 Å². The first-order chi connectivity index (χ1) is 9.38. The average molecular weight is 319 g/mol. The van der Waals surface area contributed by atoms with Crippen LogP contribution in [0.1, 0.15) is 46.5 Å². The van der Waals surface area contributed by atoms with Gasteiger partial charge in [-0.25, -0.2) is 8.42 Å². The number of nitrogens with zero attached hydrogens (tertiary/aromatic N) is 1. The van der Waals surface area contributed by atoms with Gasteiger partial charge in [0.2, 0.25) is 0 Å². The normalized spacial score (nSPS) is 12.0. The highest BCUT2D eigenvalue weighted by molar-refractivity contribution is 7.91. The van der Waals surface area contributed by atoms with E-state index < -0.39 is 9.84 Å². The van der Waals surface area contributed by atoms with Crippen LogP contribution < -0.4 is 11.1 Å². The highest BCUT2D eigenvalue weighted by Crippen LogP contribution is 2.32. The molecular weight excluding hydrogens is 294 g/mol. The topological polar surface area (TPSA) is 85.1 Å². The van der Waals surface area contributed by atoms with Gasteiger partial charge in [-0.15, -0.1) is 0 Å². The Kier molecular flexibility index (Phi) is 6.75. The van der Waals surface area contributed by atoms with Crippen molar-refractivity contribution in [3.8, 4) is 0 Å². The van der Waals surface area contributed by atoms with Gasteiger partial charge in [0.05, 0.1) is 5.75 Å². The molecule has 0 aliphatic carbocycles. The third kappa shape index (κ3) is 4.94. The number of sulfone groups is 1. The molecule has 0 aromatic carbocycles. The maximum atomic E-state index is 12.2. The molecule has 5 nitrogen and oxygen atoms in total. The molecule has 3 N–H and O–H groups in total. The summed E-state index contributed by atoms with van der Waals surface area (Å²) in [6.45, 7) is 7.00. The summed E-state index contributed by atoms with van der Waals surface area (Å²) in [5, 5.41) is 3.75. The van der Waals surface area contributed by atoms with Crippen molar-refractivity contribution in [2.45, 2.75) is 51.3 Å². The molecule has 7 heteroatoms. The molecule has 0 fully saturated rings. The number of nitrogens with two attached hydrogens (primary N) is 1. The number of anilines is 2. The molecule has 0 unspecified atom stereocenters. The highest BCUT2D eigenvalue weighted by atomic mass is 32.2. The van der Waals surface area contributed by atoms with Crippen LogP contribution in [0.3, 0.4) is 0 Å². The van der Waals surface area contributed by atoms with Crippen LogP contribution >= 0.6 is 11.5 Å². The van der Waals surface area contributed by atoms with Gasteiger partial charge in [-0.2, -0.15) is 4.37 Å². The molecule has 0 aliphatic rings. The second-order valence-electron chi connectivity index (χ2n) is 5.36. The third-order valence-electron chi connectivity index (χ3n) is 2.95. The Bertz CT molecular complexity index is 510. The van der Waals surface area contributed by atoms with E-state index in [0.29, 0.717) is 17.3 Å². The third-order valence-corrected chi connectivity index (χ3v) is 5.88. The number of nitrogen functional groups attached to an aromatic ring is 1. The van der Waals surface area contributed by atoms with E-state index in [-0.39, 0.29) is 16.5 Å². The van der Waals surface area contributed by atoms with Gasteiger partial charge in [-0.3, -0.25) is 0 Å². The molecule has 1 aromatic rings. The van der Waals surface area contributed by atoms with E-state index in [9.17, 15) is 8.42 Å². The Balaban J connectivity index is 2.64. The minimum Gasteiger partial charge on any atom is -0.382 e. The number of rotatable bonds is 9. The summed E-state index contributed by atoms with van der Waals surface area (Å²) in [5.41, 5.74) is 5.71. The van der Waals surface area contributed by atoms with Gasteiger partial charge < -0.3 is 11.1 Å². The van der Waals surface area contributed by atoms with Crippen molar-refractivity contribution in [3.05, 3.63) is 0 Å². The Morgan fingerprint density at radius 2 is 2.05 bits per heavy atom. The van der Waals surface area contributed by atoms with Gasteiger partial charge in [0.25, 0.3) is 0 Å². The number of hydrogen-bond acceptors (Lipinski definition) is 6. The van der Waals surface area contributed by atoms with E-state index in [0.717, 1.165) is 30.9 Å². The summed E-state index contributed by atoms with van der Waals surface area (Å²) in [7, 11) is -3.32. The Hall–Kier alpha value is -0.820. The molecule has 1 rings (SSSR count). The van der Waals surface area contributed by atoms with Gasteiger partial charge in [0.1, 0.15) is 9.90 Å². The van der Waals surface area contributed by atoms with Crippen molar-refractivity contribution in [1.82, 2.24) is 4.37 Å². The lowest BCUT2D eigenvalue weighted by molar-refractivity contribution is 0.545. The number of unbranched alkanes of at least 4 members (excludes halogenated alkanes) is 1. The SMILES string of the molecule is CCCS(=O)(=O)c1c(N)nsc1NCCCCC(C)C. The quantitative estimate of drug-likeness (QED) is 0.683. The lowest BCUT2D eigenvalue weighted by Crippen LogP contribution is -2.11. The van der Waals surface area contributed by atoms with Crippen LogP contribution in [0.5, 0.6) is 0 Å². The van der Waals surface area contributed by atoms with Gasteiger partial charge in [-0.1, -0.05) is 33.6 Å². The fraction of sp³-hybridized carbons (Fsp3) is 0.769. The zero-order chi connectivity index (χ0) is 15.2. The second-order valence-corrected chi connectivity index (χ2v) is 8.18. The van der Waals surface area contributed by atoms with Crippen LogP contribution in [-0.4, -0.2) is 25.1 Å². The number of hydrogen-bond donors (Lipinski definition) is 2. The van der Waals surface area contributed by atoms with Crippen LogP contribution in [0.4, 0.5) is 10.8 Å². The molecule has 0 bridgehead atoms.